The zero-order chi connectivity index (χ0) is 15.7. The SMILES string of the molecule is O=S(=O)(Nc1ccc(C(F)(F)F)nc1)c1ccc(CO)o1. The van der Waals surface area contributed by atoms with Crippen LogP contribution in [0.4, 0.5) is 18.9 Å². The summed E-state index contributed by atoms with van der Waals surface area (Å²) in [5.41, 5.74) is -1.28. The Balaban J connectivity index is 2.21. The number of alkyl halides is 3. The minimum atomic E-state index is -4.60. The third-order valence-corrected chi connectivity index (χ3v) is 3.62. The molecule has 2 heterocycles. The van der Waals surface area contributed by atoms with Crippen molar-refractivity contribution in [2.45, 2.75) is 17.9 Å². The van der Waals surface area contributed by atoms with Crippen LogP contribution in [0.3, 0.4) is 0 Å². The van der Waals surface area contributed by atoms with Gasteiger partial charge in [0.25, 0.3) is 10.0 Å². The van der Waals surface area contributed by atoms with Gasteiger partial charge in [-0.15, -0.1) is 0 Å². The standard InChI is InChI=1S/C11H9F3N2O4S/c12-11(13,14)9-3-1-7(5-15-9)16-21(18,19)10-4-2-8(6-17)20-10/h1-5,16-17H,6H2. The molecule has 0 fully saturated rings. The van der Waals surface area contributed by atoms with Crippen molar-refractivity contribution in [2.75, 3.05) is 4.72 Å². The van der Waals surface area contributed by atoms with E-state index in [1.807, 2.05) is 4.72 Å². The van der Waals surface area contributed by atoms with Gasteiger partial charge in [-0.2, -0.15) is 21.6 Å². The molecule has 0 saturated heterocycles. The van der Waals surface area contributed by atoms with E-state index in [1.165, 1.54) is 6.07 Å². The van der Waals surface area contributed by atoms with Gasteiger partial charge in [0, 0.05) is 0 Å². The monoisotopic (exact) mass is 322 g/mol. The molecular formula is C11H9F3N2O4S. The number of aliphatic hydroxyl groups excluding tert-OH is 1. The van der Waals surface area contributed by atoms with Crippen LogP contribution in [-0.4, -0.2) is 18.5 Å². The van der Waals surface area contributed by atoms with E-state index in [0.717, 1.165) is 18.3 Å². The smallest absolute Gasteiger partial charge is 0.433 e. The van der Waals surface area contributed by atoms with Crippen molar-refractivity contribution >= 4 is 15.7 Å². The van der Waals surface area contributed by atoms with Gasteiger partial charge in [-0.1, -0.05) is 0 Å². The second-order valence-electron chi connectivity index (χ2n) is 3.91. The van der Waals surface area contributed by atoms with Crippen molar-refractivity contribution in [3.8, 4) is 0 Å². The lowest BCUT2D eigenvalue weighted by Gasteiger charge is -2.08. The predicted molar refractivity (Wildman–Crippen MR) is 64.7 cm³/mol. The molecule has 21 heavy (non-hydrogen) atoms. The Morgan fingerprint density at radius 2 is 1.95 bits per heavy atom. The van der Waals surface area contributed by atoms with Crippen LogP contribution < -0.4 is 4.72 Å². The molecule has 0 aromatic carbocycles. The Hall–Kier alpha value is -2.07. The Kier molecular flexibility index (Phi) is 3.92. The Labute approximate surface area is 117 Å². The summed E-state index contributed by atoms with van der Waals surface area (Å²) >= 11 is 0. The molecule has 114 valence electrons. The van der Waals surface area contributed by atoms with Gasteiger partial charge in [0.1, 0.15) is 18.1 Å². The van der Waals surface area contributed by atoms with E-state index in [9.17, 15) is 21.6 Å². The quantitative estimate of drug-likeness (QED) is 0.898. The number of nitrogens with one attached hydrogen (secondary N) is 1. The van der Waals surface area contributed by atoms with Crippen LogP contribution in [0.2, 0.25) is 0 Å². The van der Waals surface area contributed by atoms with Crippen molar-refractivity contribution in [1.29, 1.82) is 0 Å². The summed E-state index contributed by atoms with van der Waals surface area (Å²) in [4.78, 5) is 3.13. The fourth-order valence-corrected chi connectivity index (χ4v) is 2.41. The molecule has 0 atom stereocenters. The normalized spacial score (nSPS) is 12.4. The van der Waals surface area contributed by atoms with Gasteiger partial charge < -0.3 is 9.52 Å². The second-order valence-corrected chi connectivity index (χ2v) is 5.53. The molecule has 0 saturated carbocycles. The van der Waals surface area contributed by atoms with Crippen molar-refractivity contribution in [3.05, 3.63) is 41.9 Å². The fraction of sp³-hybridized carbons (Fsp3) is 0.182. The molecule has 0 aliphatic rings. The summed E-state index contributed by atoms with van der Waals surface area (Å²) < 4.78 is 67.6. The third-order valence-electron chi connectivity index (χ3n) is 2.36. The second kappa shape index (κ2) is 5.37. The molecule has 2 aromatic heterocycles. The summed E-state index contributed by atoms with van der Waals surface area (Å²) in [6.45, 7) is -0.475. The summed E-state index contributed by atoms with van der Waals surface area (Å²) in [6.07, 6.45) is -3.86. The van der Waals surface area contributed by atoms with E-state index in [4.69, 9.17) is 9.52 Å². The van der Waals surface area contributed by atoms with Crippen molar-refractivity contribution in [3.63, 3.8) is 0 Å². The van der Waals surface area contributed by atoms with E-state index >= 15 is 0 Å². The van der Waals surface area contributed by atoms with Crippen LogP contribution >= 0.6 is 0 Å². The highest BCUT2D eigenvalue weighted by Gasteiger charge is 2.32. The van der Waals surface area contributed by atoms with E-state index in [2.05, 4.69) is 4.98 Å². The number of anilines is 1. The van der Waals surface area contributed by atoms with Gasteiger partial charge in [0.15, 0.2) is 0 Å². The van der Waals surface area contributed by atoms with Gasteiger partial charge in [0.05, 0.1) is 11.9 Å². The molecule has 10 heteroatoms. The number of aromatic nitrogens is 1. The van der Waals surface area contributed by atoms with Crippen molar-refractivity contribution < 1.29 is 31.1 Å². The van der Waals surface area contributed by atoms with Gasteiger partial charge in [-0.05, 0) is 24.3 Å². The Bertz CT molecular complexity index is 723. The molecule has 6 nitrogen and oxygen atoms in total. The van der Waals surface area contributed by atoms with Crippen molar-refractivity contribution in [2.24, 2.45) is 0 Å². The first-order valence-electron chi connectivity index (χ1n) is 5.48. The highest BCUT2D eigenvalue weighted by Crippen LogP contribution is 2.28. The first-order valence-corrected chi connectivity index (χ1v) is 6.96. The van der Waals surface area contributed by atoms with E-state index < -0.39 is 33.6 Å². The number of hydrogen-bond donors (Lipinski definition) is 2. The Morgan fingerprint density at radius 3 is 2.43 bits per heavy atom. The largest absolute Gasteiger partial charge is 0.445 e. The molecule has 0 unspecified atom stereocenters. The zero-order valence-electron chi connectivity index (χ0n) is 10.3. The average molecular weight is 322 g/mol. The lowest BCUT2D eigenvalue weighted by Crippen LogP contribution is -2.13. The average Bonchev–Trinajstić information content (AvgIpc) is 2.87. The lowest BCUT2D eigenvalue weighted by molar-refractivity contribution is -0.141. The number of furan rings is 1. The molecule has 2 rings (SSSR count). The van der Waals surface area contributed by atoms with Gasteiger partial charge in [0.2, 0.25) is 5.09 Å². The molecule has 0 radical (unpaired) electrons. The highest BCUT2D eigenvalue weighted by atomic mass is 32.2. The van der Waals surface area contributed by atoms with Gasteiger partial charge in [-0.3, -0.25) is 4.72 Å². The van der Waals surface area contributed by atoms with Crippen LogP contribution in [0.5, 0.6) is 0 Å². The number of nitrogens with zero attached hydrogens (tertiary/aromatic N) is 1. The first kappa shape index (κ1) is 15.3. The first-order chi connectivity index (χ1) is 9.72. The minimum absolute atomic E-state index is 0.0425. The maximum Gasteiger partial charge on any atom is 0.433 e. The number of rotatable bonds is 4. The number of aliphatic hydroxyl groups is 1. The fourth-order valence-electron chi connectivity index (χ4n) is 1.42. The van der Waals surface area contributed by atoms with Crippen LogP contribution in [-0.2, 0) is 22.8 Å². The third kappa shape index (κ3) is 3.52. The summed E-state index contributed by atoms with van der Waals surface area (Å²) in [5, 5.41) is 8.32. The summed E-state index contributed by atoms with van der Waals surface area (Å²) in [6, 6.07) is 3.97. The predicted octanol–water partition coefficient (Wildman–Crippen LogP) is 1.99. The molecule has 0 aliphatic carbocycles. The Morgan fingerprint density at radius 1 is 1.24 bits per heavy atom. The minimum Gasteiger partial charge on any atom is -0.445 e. The van der Waals surface area contributed by atoms with Gasteiger partial charge >= 0.3 is 6.18 Å². The van der Waals surface area contributed by atoms with E-state index in [-0.39, 0.29) is 11.4 Å². The maximum atomic E-state index is 12.3. The molecular weight excluding hydrogens is 313 g/mol. The molecule has 0 amide bonds. The summed E-state index contributed by atoms with van der Waals surface area (Å²) in [5.74, 6) is 0.0425. The number of halogens is 3. The van der Waals surface area contributed by atoms with E-state index in [0.29, 0.717) is 6.07 Å². The van der Waals surface area contributed by atoms with Crippen LogP contribution in [0, 0.1) is 0 Å². The zero-order valence-corrected chi connectivity index (χ0v) is 11.1. The molecule has 0 bridgehead atoms. The van der Waals surface area contributed by atoms with Gasteiger partial charge in [-0.25, -0.2) is 4.98 Å². The van der Waals surface area contributed by atoms with E-state index in [1.54, 1.807) is 0 Å². The molecule has 2 aromatic rings. The topological polar surface area (TPSA) is 92.4 Å². The number of sulfonamides is 1. The van der Waals surface area contributed by atoms with Crippen LogP contribution in [0.15, 0.2) is 40.0 Å². The number of hydrogen-bond acceptors (Lipinski definition) is 5. The maximum absolute atomic E-state index is 12.3. The number of pyridine rings is 1. The molecule has 2 N–H and O–H groups in total. The molecule has 0 spiro atoms. The van der Waals surface area contributed by atoms with Crippen LogP contribution in [0.25, 0.3) is 0 Å². The van der Waals surface area contributed by atoms with Crippen molar-refractivity contribution in [1.82, 2.24) is 4.98 Å². The summed E-state index contributed by atoms with van der Waals surface area (Å²) in [7, 11) is -4.10. The van der Waals surface area contributed by atoms with Crippen LogP contribution in [0.1, 0.15) is 11.5 Å². The molecule has 0 aliphatic heterocycles. The lowest BCUT2D eigenvalue weighted by atomic mass is 10.3. The highest BCUT2D eigenvalue weighted by molar-refractivity contribution is 7.92.